The molecule has 23 heavy (non-hydrogen) atoms. The molecule has 1 saturated carbocycles. The third-order valence-electron chi connectivity index (χ3n) is 4.26. The zero-order chi connectivity index (χ0) is 16.3. The summed E-state index contributed by atoms with van der Waals surface area (Å²) < 4.78 is 1.70. The van der Waals surface area contributed by atoms with Gasteiger partial charge in [0.2, 0.25) is 0 Å². The highest BCUT2D eigenvalue weighted by Crippen LogP contribution is 2.35. The van der Waals surface area contributed by atoms with Crippen molar-refractivity contribution in [3.63, 3.8) is 0 Å². The third kappa shape index (κ3) is 3.59. The Morgan fingerprint density at radius 2 is 2.00 bits per heavy atom. The summed E-state index contributed by atoms with van der Waals surface area (Å²) in [5.74, 6) is -1.14. The predicted octanol–water partition coefficient (Wildman–Crippen LogP) is 2.06. The molecule has 1 heterocycles. The van der Waals surface area contributed by atoms with Crippen LogP contribution in [0.4, 0.5) is 0 Å². The number of nitrogens with one attached hydrogen (secondary N) is 1. The number of carbonyl (C=O) groups is 2. The Morgan fingerprint density at radius 1 is 1.26 bits per heavy atom. The number of amides is 1. The zero-order valence-corrected chi connectivity index (χ0v) is 12.7. The molecule has 0 bridgehead atoms. The van der Waals surface area contributed by atoms with Gasteiger partial charge in [-0.25, -0.2) is 0 Å². The standard InChI is InChI=1S/C17H19N3O3/c21-15(22)9-17(7-4-8-17)19-16(23)14-10-18-20(12-14)11-13-5-2-1-3-6-13/h1-3,5-6,10,12H,4,7-9,11H2,(H,19,23)(H,21,22). The van der Waals surface area contributed by atoms with Crippen molar-refractivity contribution in [2.24, 2.45) is 0 Å². The van der Waals surface area contributed by atoms with Crippen molar-refractivity contribution in [3.8, 4) is 0 Å². The van der Waals surface area contributed by atoms with Crippen molar-refractivity contribution >= 4 is 11.9 Å². The first kappa shape index (κ1) is 15.3. The minimum Gasteiger partial charge on any atom is -0.481 e. The fourth-order valence-electron chi connectivity index (χ4n) is 2.89. The lowest BCUT2D eigenvalue weighted by Gasteiger charge is -2.41. The molecule has 1 aliphatic carbocycles. The van der Waals surface area contributed by atoms with E-state index in [0.717, 1.165) is 12.0 Å². The van der Waals surface area contributed by atoms with Gasteiger partial charge in [0.05, 0.1) is 30.3 Å². The number of nitrogens with zero attached hydrogens (tertiary/aromatic N) is 2. The van der Waals surface area contributed by atoms with Gasteiger partial charge in [-0.15, -0.1) is 0 Å². The van der Waals surface area contributed by atoms with Crippen molar-refractivity contribution in [1.82, 2.24) is 15.1 Å². The summed E-state index contributed by atoms with van der Waals surface area (Å²) in [7, 11) is 0. The molecule has 6 nitrogen and oxygen atoms in total. The van der Waals surface area contributed by atoms with E-state index in [1.165, 1.54) is 6.20 Å². The molecule has 6 heteroatoms. The molecular formula is C17H19N3O3. The summed E-state index contributed by atoms with van der Waals surface area (Å²) in [5, 5.41) is 16.1. The number of carbonyl (C=O) groups excluding carboxylic acids is 1. The lowest BCUT2D eigenvalue weighted by Crippen LogP contribution is -2.54. The zero-order valence-electron chi connectivity index (χ0n) is 12.7. The van der Waals surface area contributed by atoms with Gasteiger partial charge in [-0.2, -0.15) is 5.10 Å². The largest absolute Gasteiger partial charge is 0.481 e. The van der Waals surface area contributed by atoms with Crippen LogP contribution >= 0.6 is 0 Å². The molecule has 120 valence electrons. The maximum atomic E-state index is 12.3. The van der Waals surface area contributed by atoms with E-state index in [0.29, 0.717) is 24.9 Å². The van der Waals surface area contributed by atoms with Crippen LogP contribution in [0.25, 0.3) is 0 Å². The molecule has 0 aliphatic heterocycles. The lowest BCUT2D eigenvalue weighted by atomic mass is 9.74. The van der Waals surface area contributed by atoms with Crippen molar-refractivity contribution in [2.45, 2.75) is 37.8 Å². The van der Waals surface area contributed by atoms with Crippen LogP contribution in [-0.2, 0) is 11.3 Å². The van der Waals surface area contributed by atoms with Crippen molar-refractivity contribution in [2.75, 3.05) is 0 Å². The van der Waals surface area contributed by atoms with Gasteiger partial charge < -0.3 is 10.4 Å². The van der Waals surface area contributed by atoms with Crippen LogP contribution in [0.5, 0.6) is 0 Å². The van der Waals surface area contributed by atoms with E-state index in [9.17, 15) is 9.59 Å². The number of carboxylic acids is 1. The van der Waals surface area contributed by atoms with E-state index in [1.807, 2.05) is 30.3 Å². The van der Waals surface area contributed by atoms with Crippen molar-refractivity contribution in [3.05, 3.63) is 53.9 Å². The van der Waals surface area contributed by atoms with Crippen molar-refractivity contribution in [1.29, 1.82) is 0 Å². The van der Waals surface area contributed by atoms with Crippen LogP contribution in [-0.4, -0.2) is 32.3 Å². The number of rotatable bonds is 6. The maximum absolute atomic E-state index is 12.3. The van der Waals surface area contributed by atoms with E-state index in [-0.39, 0.29) is 12.3 Å². The summed E-state index contributed by atoms with van der Waals surface area (Å²) in [6.45, 7) is 0.592. The van der Waals surface area contributed by atoms with Crippen LogP contribution in [0, 0.1) is 0 Å². The first-order chi connectivity index (χ1) is 11.1. The van der Waals surface area contributed by atoms with Gasteiger partial charge in [0.15, 0.2) is 0 Å². The number of hydrogen-bond acceptors (Lipinski definition) is 3. The number of aliphatic carboxylic acids is 1. The van der Waals surface area contributed by atoms with Gasteiger partial charge in [-0.3, -0.25) is 14.3 Å². The van der Waals surface area contributed by atoms with E-state index >= 15 is 0 Å². The third-order valence-corrected chi connectivity index (χ3v) is 4.26. The summed E-state index contributed by atoms with van der Waals surface area (Å²) >= 11 is 0. The topological polar surface area (TPSA) is 84.2 Å². The first-order valence-corrected chi connectivity index (χ1v) is 7.67. The molecule has 0 saturated heterocycles. The predicted molar refractivity (Wildman–Crippen MR) is 84.1 cm³/mol. The number of carboxylic acid groups (broad SMARTS) is 1. The fraction of sp³-hybridized carbons (Fsp3) is 0.353. The fourth-order valence-corrected chi connectivity index (χ4v) is 2.89. The molecule has 1 amide bonds. The Kier molecular flexibility index (Phi) is 4.14. The van der Waals surface area contributed by atoms with Crippen LogP contribution in [0.15, 0.2) is 42.7 Å². The average molecular weight is 313 g/mol. The summed E-state index contributed by atoms with van der Waals surface area (Å²) in [6, 6.07) is 9.86. The second-order valence-corrected chi connectivity index (χ2v) is 6.07. The van der Waals surface area contributed by atoms with Gasteiger partial charge in [0, 0.05) is 6.20 Å². The van der Waals surface area contributed by atoms with Gasteiger partial charge in [0.1, 0.15) is 0 Å². The quantitative estimate of drug-likeness (QED) is 0.855. The second-order valence-electron chi connectivity index (χ2n) is 6.07. The Morgan fingerprint density at radius 3 is 2.61 bits per heavy atom. The normalized spacial score (nSPS) is 15.7. The van der Waals surface area contributed by atoms with Gasteiger partial charge in [-0.05, 0) is 24.8 Å². The maximum Gasteiger partial charge on any atom is 0.305 e. The second kappa shape index (κ2) is 6.24. The summed E-state index contributed by atoms with van der Waals surface area (Å²) in [4.78, 5) is 23.3. The first-order valence-electron chi connectivity index (χ1n) is 7.67. The monoisotopic (exact) mass is 313 g/mol. The van der Waals surface area contributed by atoms with Crippen LogP contribution in [0.3, 0.4) is 0 Å². The molecule has 1 aliphatic rings. The minimum atomic E-state index is -0.884. The highest BCUT2D eigenvalue weighted by atomic mass is 16.4. The minimum absolute atomic E-state index is 0.0309. The van der Waals surface area contributed by atoms with E-state index in [2.05, 4.69) is 10.4 Å². The van der Waals surface area contributed by atoms with Gasteiger partial charge >= 0.3 is 5.97 Å². The molecule has 1 aromatic heterocycles. The molecule has 0 atom stereocenters. The molecule has 1 fully saturated rings. The van der Waals surface area contributed by atoms with Crippen LogP contribution in [0.2, 0.25) is 0 Å². The number of aromatic nitrogens is 2. The molecule has 1 aromatic carbocycles. The van der Waals surface area contributed by atoms with E-state index in [4.69, 9.17) is 5.11 Å². The molecule has 2 N–H and O–H groups in total. The highest BCUT2D eigenvalue weighted by Gasteiger charge is 2.40. The highest BCUT2D eigenvalue weighted by molar-refractivity contribution is 5.94. The smallest absolute Gasteiger partial charge is 0.305 e. The molecule has 0 radical (unpaired) electrons. The lowest BCUT2D eigenvalue weighted by molar-refractivity contribution is -0.139. The molecule has 2 aromatic rings. The van der Waals surface area contributed by atoms with Gasteiger partial charge in [-0.1, -0.05) is 30.3 Å². The molecular weight excluding hydrogens is 294 g/mol. The Hall–Kier alpha value is -2.63. The molecule has 0 unspecified atom stereocenters. The van der Waals surface area contributed by atoms with E-state index < -0.39 is 11.5 Å². The van der Waals surface area contributed by atoms with Gasteiger partial charge in [0.25, 0.3) is 5.91 Å². The Bertz CT molecular complexity index is 705. The Labute approximate surface area is 134 Å². The van der Waals surface area contributed by atoms with Crippen molar-refractivity contribution < 1.29 is 14.7 Å². The number of benzene rings is 1. The summed E-state index contributed by atoms with van der Waals surface area (Å²) in [5.41, 5.74) is 0.964. The van der Waals surface area contributed by atoms with Crippen LogP contribution in [0.1, 0.15) is 41.6 Å². The Balaban J connectivity index is 1.65. The van der Waals surface area contributed by atoms with Crippen LogP contribution < -0.4 is 5.32 Å². The summed E-state index contributed by atoms with van der Waals surface area (Å²) in [6.07, 6.45) is 5.55. The number of hydrogen-bond donors (Lipinski definition) is 2. The average Bonchev–Trinajstić information content (AvgIpc) is 2.94. The molecule has 0 spiro atoms. The van der Waals surface area contributed by atoms with E-state index in [1.54, 1.807) is 10.9 Å². The SMILES string of the molecule is O=C(O)CC1(NC(=O)c2cnn(Cc3ccccc3)c2)CCC1. The molecule has 3 rings (SSSR count).